The molecule has 0 radical (unpaired) electrons. The first-order chi connectivity index (χ1) is 16.6. The van der Waals surface area contributed by atoms with Crippen molar-refractivity contribution in [3.05, 3.63) is 78.8 Å². The van der Waals surface area contributed by atoms with Crippen LogP contribution in [-0.2, 0) is 26.2 Å². The minimum absolute atomic E-state index is 0. The van der Waals surface area contributed by atoms with E-state index < -0.39 is 24.2 Å². The van der Waals surface area contributed by atoms with Gasteiger partial charge in [0.15, 0.2) is 0 Å². The molecule has 38 heavy (non-hydrogen) atoms. The van der Waals surface area contributed by atoms with Gasteiger partial charge in [0.2, 0.25) is 0 Å². The summed E-state index contributed by atoms with van der Waals surface area (Å²) < 4.78 is 2.27. The van der Waals surface area contributed by atoms with Gasteiger partial charge in [-0.15, -0.1) is 36.3 Å². The number of benzene rings is 2. The number of para-hydroxylation sites is 2. The van der Waals surface area contributed by atoms with Crippen molar-refractivity contribution in [2.45, 2.75) is 105 Å². The Kier molecular flexibility index (Phi) is 18.3. The SMILES string of the molecule is CC(C)[N-]C([N-]C(C)C)n1c2ccccc2c2ccccc21.[CH2-][Si](C)(C)C.[CH2-][Si](C)(C)C.[CH2-][Si](C)(C)C.[Zr]. The van der Waals surface area contributed by atoms with Gasteiger partial charge in [-0.25, -0.2) is 0 Å². The van der Waals surface area contributed by atoms with E-state index in [-0.39, 0.29) is 44.6 Å². The van der Waals surface area contributed by atoms with E-state index >= 15 is 0 Å². The average molecular weight is 646 g/mol. The molecule has 0 amide bonds. The molecule has 0 saturated carbocycles. The molecule has 0 aliphatic carbocycles. The molecule has 1 heterocycles. The summed E-state index contributed by atoms with van der Waals surface area (Å²) >= 11 is 0. The zero-order valence-corrected chi connectivity index (χ0v) is 32.3. The molecule has 0 spiro atoms. The van der Waals surface area contributed by atoms with Gasteiger partial charge in [0, 0.05) is 48.0 Å². The van der Waals surface area contributed by atoms with E-state index in [9.17, 15) is 0 Å². The van der Waals surface area contributed by atoms with Crippen LogP contribution < -0.4 is 0 Å². The molecule has 0 bridgehead atoms. The van der Waals surface area contributed by atoms with Crippen molar-refractivity contribution in [1.29, 1.82) is 0 Å². The molecule has 2 aromatic carbocycles. The third kappa shape index (κ3) is 20.6. The Balaban J connectivity index is 0. The molecule has 0 aliphatic rings. The average Bonchev–Trinajstić information content (AvgIpc) is 2.97. The second-order valence-electron chi connectivity index (χ2n) is 13.9. The minimum Gasteiger partial charge on any atom is -0.658 e. The van der Waals surface area contributed by atoms with Gasteiger partial charge in [0.25, 0.3) is 0 Å². The maximum Gasteiger partial charge on any atom is 0.0461 e. The second-order valence-corrected chi connectivity index (χ2v) is 29.3. The van der Waals surface area contributed by atoms with Crippen molar-refractivity contribution in [3.63, 3.8) is 0 Å². The normalized spacial score (nSPS) is 11.9. The fourth-order valence-electron chi connectivity index (χ4n) is 2.91. The van der Waals surface area contributed by atoms with E-state index in [1.165, 1.54) is 21.8 Å². The third-order valence-electron chi connectivity index (χ3n) is 3.71. The Morgan fingerprint density at radius 3 is 1.03 bits per heavy atom. The van der Waals surface area contributed by atoms with Gasteiger partial charge in [-0.1, -0.05) is 123 Å². The van der Waals surface area contributed by atoms with Crippen LogP contribution >= 0.6 is 0 Å². The van der Waals surface area contributed by atoms with E-state index in [1.807, 2.05) is 0 Å². The minimum atomic E-state index is -0.861. The van der Waals surface area contributed by atoms with Crippen LogP contribution in [0.2, 0.25) is 58.9 Å². The Labute approximate surface area is 259 Å². The van der Waals surface area contributed by atoms with E-state index in [0.717, 1.165) is 0 Å². The first kappa shape index (κ1) is 39.8. The summed E-state index contributed by atoms with van der Waals surface area (Å²) in [7, 11) is -2.58. The number of rotatable bonds is 5. The van der Waals surface area contributed by atoms with E-state index in [4.69, 9.17) is 10.6 Å². The van der Waals surface area contributed by atoms with Crippen LogP contribution in [0.4, 0.5) is 0 Å². The Morgan fingerprint density at radius 1 is 0.553 bits per heavy atom. The Morgan fingerprint density at radius 2 is 0.789 bits per heavy atom. The molecule has 3 aromatic rings. The van der Waals surface area contributed by atoms with Gasteiger partial charge in [-0.3, -0.25) is 0 Å². The summed E-state index contributed by atoms with van der Waals surface area (Å²) in [6.45, 7) is 40.1. The summed E-state index contributed by atoms with van der Waals surface area (Å²) in [6.07, 6.45) is -0.176. The fraction of sp³-hybridized carbons (Fsp3) is 0.516. The Hall–Kier alpha value is -0.306. The van der Waals surface area contributed by atoms with Crippen molar-refractivity contribution < 1.29 is 26.2 Å². The fourth-order valence-corrected chi connectivity index (χ4v) is 2.91. The first-order valence-corrected chi connectivity index (χ1v) is 24.6. The molecule has 0 unspecified atom stereocenters. The molecule has 0 saturated heterocycles. The third-order valence-corrected chi connectivity index (χ3v) is 3.71. The topological polar surface area (TPSA) is 33.1 Å². The Bertz CT molecular complexity index is 933. The van der Waals surface area contributed by atoms with Crippen molar-refractivity contribution >= 4 is 46.0 Å². The molecule has 0 N–H and O–H groups in total. The molecule has 7 heteroatoms. The molecule has 0 fully saturated rings. The molecule has 0 atom stereocenters. The van der Waals surface area contributed by atoms with Gasteiger partial charge in [0.1, 0.15) is 0 Å². The van der Waals surface area contributed by atoms with Crippen molar-refractivity contribution in [1.82, 2.24) is 4.57 Å². The monoisotopic (exact) mass is 644 g/mol. The number of aromatic nitrogens is 1. The summed E-state index contributed by atoms with van der Waals surface area (Å²) in [4.78, 5) is 0. The van der Waals surface area contributed by atoms with Gasteiger partial charge in [0.05, 0.1) is 0 Å². The zero-order chi connectivity index (χ0) is 29.2. The number of fused-ring (bicyclic) bond motifs is 3. The van der Waals surface area contributed by atoms with Crippen LogP contribution in [0.5, 0.6) is 0 Å². The van der Waals surface area contributed by atoms with Gasteiger partial charge < -0.3 is 34.8 Å². The number of nitrogens with zero attached hydrogens (tertiary/aromatic N) is 3. The number of hydrogen-bond donors (Lipinski definition) is 0. The second kappa shape index (κ2) is 17.5. The maximum atomic E-state index is 4.86. The quantitative estimate of drug-likeness (QED) is 0.195. The summed E-state index contributed by atoms with van der Waals surface area (Å²) in [5, 5.41) is 12.2. The predicted octanol–water partition coefficient (Wildman–Crippen LogP) is 10.9. The van der Waals surface area contributed by atoms with Crippen molar-refractivity contribution in [2.75, 3.05) is 0 Å². The molecule has 216 valence electrons. The smallest absolute Gasteiger partial charge is 0.0461 e. The van der Waals surface area contributed by atoms with Crippen LogP contribution in [0.1, 0.15) is 34.0 Å². The van der Waals surface area contributed by atoms with E-state index in [2.05, 4.69) is 159 Å². The van der Waals surface area contributed by atoms with Gasteiger partial charge >= 0.3 is 0 Å². The molecular formula is C31H56N3Si3Zr-5. The number of hydrogen-bond acceptors (Lipinski definition) is 0. The van der Waals surface area contributed by atoms with Crippen molar-refractivity contribution in [2.24, 2.45) is 0 Å². The summed E-state index contributed by atoms with van der Waals surface area (Å²) in [5.41, 5.74) is 2.39. The summed E-state index contributed by atoms with van der Waals surface area (Å²) in [5.74, 6) is 0. The molecule has 3 nitrogen and oxygen atoms in total. The van der Waals surface area contributed by atoms with E-state index in [0.29, 0.717) is 0 Å². The van der Waals surface area contributed by atoms with Gasteiger partial charge in [-0.05, 0) is 12.1 Å². The van der Waals surface area contributed by atoms with Crippen LogP contribution in [0.15, 0.2) is 48.5 Å². The summed E-state index contributed by atoms with van der Waals surface area (Å²) in [6, 6.07) is 17.5. The van der Waals surface area contributed by atoms with Crippen LogP contribution in [0.25, 0.3) is 32.4 Å². The molecule has 1 aromatic heterocycles. The van der Waals surface area contributed by atoms with E-state index in [1.54, 1.807) is 0 Å². The zero-order valence-electron chi connectivity index (χ0n) is 26.8. The van der Waals surface area contributed by atoms with Crippen LogP contribution in [-0.4, -0.2) is 40.9 Å². The largest absolute Gasteiger partial charge is 0.658 e. The molecular weight excluding hydrogens is 590 g/mol. The standard InChI is InChI=1S/C19H23N3.3C4H11Si.Zr/c1-13(2)20-19(21-14(3)4)22-17-11-7-5-9-15(17)16-10-6-8-12-18(16)22;3*1-5(2,3)4;/h5-14,19H,1-4H3;3*1H2,2-4H3;/q-2;3*-1;. The van der Waals surface area contributed by atoms with Crippen LogP contribution in [0, 0.1) is 19.6 Å². The predicted molar refractivity (Wildman–Crippen MR) is 182 cm³/mol. The maximum absolute atomic E-state index is 4.86. The van der Waals surface area contributed by atoms with Gasteiger partial charge in [-0.2, -0.15) is 6.29 Å². The molecule has 3 rings (SSSR count). The van der Waals surface area contributed by atoms with Crippen molar-refractivity contribution in [3.8, 4) is 0 Å². The molecule has 0 aliphatic heterocycles. The van der Waals surface area contributed by atoms with Crippen LogP contribution in [0.3, 0.4) is 0 Å². The first-order valence-electron chi connectivity index (χ1n) is 13.5.